The number of para-hydroxylation sites is 1. The van der Waals surface area contributed by atoms with E-state index in [1.807, 2.05) is 0 Å². The Morgan fingerprint density at radius 2 is 1.12 bits per heavy atom. The zero-order valence-corrected chi connectivity index (χ0v) is 27.0. The fraction of sp³-hybridized carbons (Fsp3) is 0.149. The molecule has 0 aromatic heterocycles. The molecule has 7 aromatic carbocycles. The zero-order chi connectivity index (χ0) is 31.7. The molecule has 2 bridgehead atoms. The van der Waals surface area contributed by atoms with E-state index in [4.69, 9.17) is 0 Å². The number of nitrogens with zero attached hydrogens (tertiary/aromatic N) is 1. The lowest BCUT2D eigenvalue weighted by molar-refractivity contribution is 0.327. The summed E-state index contributed by atoms with van der Waals surface area (Å²) in [4.78, 5) is 2.54. The highest BCUT2D eigenvalue weighted by molar-refractivity contribution is 5.99. The van der Waals surface area contributed by atoms with Gasteiger partial charge >= 0.3 is 0 Å². The molecule has 0 radical (unpaired) electrons. The molecular formula is C47H37N. The molecular weight excluding hydrogens is 579 g/mol. The van der Waals surface area contributed by atoms with Crippen molar-refractivity contribution in [1.29, 1.82) is 0 Å². The monoisotopic (exact) mass is 615 g/mol. The van der Waals surface area contributed by atoms with Gasteiger partial charge < -0.3 is 4.90 Å². The third-order valence-corrected chi connectivity index (χ3v) is 11.7. The van der Waals surface area contributed by atoms with Crippen molar-refractivity contribution in [3.63, 3.8) is 0 Å². The molecule has 0 N–H and O–H groups in total. The van der Waals surface area contributed by atoms with Gasteiger partial charge in [0.05, 0.1) is 11.4 Å². The maximum atomic E-state index is 2.54. The summed E-state index contributed by atoms with van der Waals surface area (Å²) in [6.45, 7) is 0. The topological polar surface area (TPSA) is 3.24 Å². The van der Waals surface area contributed by atoms with Crippen LogP contribution in [0.3, 0.4) is 0 Å². The van der Waals surface area contributed by atoms with E-state index in [1.165, 1.54) is 86.9 Å². The summed E-state index contributed by atoms with van der Waals surface area (Å²) in [7, 11) is 0. The molecule has 1 heteroatoms. The minimum atomic E-state index is 0.133. The van der Waals surface area contributed by atoms with E-state index in [-0.39, 0.29) is 5.41 Å². The number of fused-ring (bicyclic) bond motifs is 9. The summed E-state index contributed by atoms with van der Waals surface area (Å²) in [6, 6.07) is 60.9. The van der Waals surface area contributed by atoms with Gasteiger partial charge in [0.15, 0.2) is 0 Å². The van der Waals surface area contributed by atoms with Crippen molar-refractivity contribution in [1.82, 2.24) is 0 Å². The van der Waals surface area contributed by atoms with Crippen LogP contribution in [-0.2, 0) is 5.41 Å². The molecule has 1 nitrogen and oxygen atoms in total. The molecule has 48 heavy (non-hydrogen) atoms. The van der Waals surface area contributed by atoms with Gasteiger partial charge in [-0.2, -0.15) is 0 Å². The summed E-state index contributed by atoms with van der Waals surface area (Å²) < 4.78 is 0. The zero-order valence-electron chi connectivity index (χ0n) is 27.0. The van der Waals surface area contributed by atoms with Gasteiger partial charge in [-0.05, 0) is 99.5 Å². The van der Waals surface area contributed by atoms with E-state index in [1.54, 1.807) is 11.1 Å². The van der Waals surface area contributed by atoms with Crippen molar-refractivity contribution < 1.29 is 0 Å². The molecule has 0 saturated heterocycles. The minimum absolute atomic E-state index is 0.133. The highest BCUT2D eigenvalue weighted by Gasteiger charge is 2.57. The first-order valence-electron chi connectivity index (χ1n) is 17.6. The summed E-state index contributed by atoms with van der Waals surface area (Å²) in [5.74, 6) is 1.57. The van der Waals surface area contributed by atoms with Crippen LogP contribution in [0.2, 0.25) is 0 Å². The highest BCUT2D eigenvalue weighted by Crippen LogP contribution is 2.67. The van der Waals surface area contributed by atoms with Gasteiger partial charge in [0.1, 0.15) is 0 Å². The Labute approximate surface area is 283 Å². The molecule has 3 atom stereocenters. The smallest absolute Gasteiger partial charge is 0.0543 e. The van der Waals surface area contributed by atoms with Crippen LogP contribution in [0, 0.1) is 11.8 Å². The van der Waals surface area contributed by atoms with Crippen molar-refractivity contribution in [2.75, 3.05) is 4.90 Å². The van der Waals surface area contributed by atoms with Crippen molar-refractivity contribution in [2.24, 2.45) is 11.8 Å². The van der Waals surface area contributed by atoms with E-state index >= 15 is 0 Å². The number of benzene rings is 7. The Kier molecular flexibility index (Phi) is 6.24. The highest BCUT2D eigenvalue weighted by atomic mass is 15.1. The second-order valence-corrected chi connectivity index (χ2v) is 14.1. The average Bonchev–Trinajstić information content (AvgIpc) is 3.86. The van der Waals surface area contributed by atoms with Crippen molar-refractivity contribution in [2.45, 2.75) is 31.1 Å². The van der Waals surface area contributed by atoms with Crippen molar-refractivity contribution in [3.05, 3.63) is 175 Å². The second kappa shape index (κ2) is 10.8. The van der Waals surface area contributed by atoms with Crippen LogP contribution in [-0.4, -0.2) is 0 Å². The van der Waals surface area contributed by atoms with Gasteiger partial charge in [-0.1, -0.05) is 146 Å². The van der Waals surface area contributed by atoms with E-state index in [0.29, 0.717) is 0 Å². The second-order valence-electron chi connectivity index (χ2n) is 14.1. The Bertz CT molecular complexity index is 2310. The summed E-state index contributed by atoms with van der Waals surface area (Å²) in [5, 5.41) is 2.55. The average molecular weight is 616 g/mol. The molecule has 3 aliphatic rings. The molecule has 2 fully saturated rings. The third-order valence-electron chi connectivity index (χ3n) is 11.7. The molecule has 3 unspecified atom stereocenters. The summed E-state index contributed by atoms with van der Waals surface area (Å²) in [6.07, 6.45) is 5.39. The van der Waals surface area contributed by atoms with Crippen LogP contribution in [0.15, 0.2) is 164 Å². The molecule has 7 aromatic rings. The van der Waals surface area contributed by atoms with Crippen LogP contribution in [0.4, 0.5) is 17.1 Å². The van der Waals surface area contributed by atoms with Gasteiger partial charge in [0.25, 0.3) is 0 Å². The Balaban J connectivity index is 1.20. The number of rotatable bonds is 5. The fourth-order valence-corrected chi connectivity index (χ4v) is 9.81. The Morgan fingerprint density at radius 1 is 0.479 bits per heavy atom. The van der Waals surface area contributed by atoms with E-state index < -0.39 is 0 Å². The van der Waals surface area contributed by atoms with Crippen LogP contribution < -0.4 is 4.90 Å². The molecule has 0 aliphatic heterocycles. The predicted octanol–water partition coefficient (Wildman–Crippen LogP) is 12.7. The van der Waals surface area contributed by atoms with E-state index in [9.17, 15) is 0 Å². The van der Waals surface area contributed by atoms with Gasteiger partial charge in [-0.25, -0.2) is 0 Å². The molecule has 2 saturated carbocycles. The summed E-state index contributed by atoms with van der Waals surface area (Å²) >= 11 is 0. The van der Waals surface area contributed by atoms with Crippen molar-refractivity contribution >= 4 is 27.8 Å². The van der Waals surface area contributed by atoms with Crippen LogP contribution >= 0.6 is 0 Å². The van der Waals surface area contributed by atoms with Gasteiger partial charge in [0, 0.05) is 22.2 Å². The lowest BCUT2D eigenvalue weighted by atomic mass is 9.67. The molecule has 1 spiro atoms. The number of anilines is 3. The van der Waals surface area contributed by atoms with Crippen LogP contribution in [0.25, 0.3) is 44.2 Å². The van der Waals surface area contributed by atoms with Crippen molar-refractivity contribution in [3.8, 4) is 33.4 Å². The normalized spacial score (nSPS) is 20.2. The minimum Gasteiger partial charge on any atom is -0.309 e. The first-order chi connectivity index (χ1) is 23.8. The van der Waals surface area contributed by atoms with Crippen LogP contribution in [0.5, 0.6) is 0 Å². The van der Waals surface area contributed by atoms with Gasteiger partial charge in [-0.15, -0.1) is 0 Å². The molecule has 3 aliphatic carbocycles. The quantitative estimate of drug-likeness (QED) is 0.186. The molecule has 10 rings (SSSR count). The van der Waals surface area contributed by atoms with Gasteiger partial charge in [0.2, 0.25) is 0 Å². The third kappa shape index (κ3) is 4.04. The standard InChI is InChI=1S/C47H37N/c1-2-12-34(13-3-1)40-17-7-9-22-44(40)48(37-28-25-35(26-29-37)39-19-10-15-33-14-4-5-16-38(33)39)45-23-11-21-43-46(45)41-18-6-8-20-42(41)47(43)31-32-24-27-36(47)30-32/h1-23,25-26,28-29,32,36H,24,27,30-31H2. The maximum absolute atomic E-state index is 2.54. The first-order valence-corrected chi connectivity index (χ1v) is 17.6. The Hall–Kier alpha value is -5.40. The number of hydrogen-bond donors (Lipinski definition) is 0. The first kappa shape index (κ1) is 27.7. The molecule has 0 amide bonds. The Morgan fingerprint density at radius 3 is 1.96 bits per heavy atom. The molecule has 230 valence electrons. The SMILES string of the molecule is c1ccc(-c2ccccc2N(c2ccc(-c3cccc4ccccc34)cc2)c2cccc3c2-c2ccccc2C32CC3CCC2C3)cc1. The molecule has 0 heterocycles. The lowest BCUT2D eigenvalue weighted by Crippen LogP contribution is -2.31. The predicted molar refractivity (Wildman–Crippen MR) is 201 cm³/mol. The lowest BCUT2D eigenvalue weighted by Gasteiger charge is -2.37. The largest absolute Gasteiger partial charge is 0.309 e. The number of hydrogen-bond acceptors (Lipinski definition) is 1. The summed E-state index contributed by atoms with van der Waals surface area (Å²) in [5.41, 5.74) is 14.7. The van der Waals surface area contributed by atoms with E-state index in [2.05, 4.69) is 169 Å². The van der Waals surface area contributed by atoms with E-state index in [0.717, 1.165) is 11.8 Å². The van der Waals surface area contributed by atoms with Crippen LogP contribution in [0.1, 0.15) is 36.8 Å². The van der Waals surface area contributed by atoms with Gasteiger partial charge in [-0.3, -0.25) is 0 Å². The fourth-order valence-electron chi connectivity index (χ4n) is 9.81. The maximum Gasteiger partial charge on any atom is 0.0543 e.